The zero-order valence-electron chi connectivity index (χ0n) is 22.2. The summed E-state index contributed by atoms with van der Waals surface area (Å²) >= 11 is 6.00. The Balaban J connectivity index is 2.07. The van der Waals surface area contributed by atoms with Crippen molar-refractivity contribution in [3.63, 3.8) is 0 Å². The normalized spacial score (nSPS) is 12.0. The standard InChI is InChI=1S/C29H33ClFN3O4S/c1-4-17-32-29(36)27(5-2)33(19-22-12-10-9-11-21(22)3)28(35)20-34(23-15-16-26(31)25(30)18-23)39(37,38)24-13-7-6-8-14-24/h6-16,18,27H,4-5,17,19-20H2,1-3H3,(H,32,36)/t27-/m0/s1. The van der Waals surface area contributed by atoms with Crippen LogP contribution in [0.5, 0.6) is 0 Å². The summed E-state index contributed by atoms with van der Waals surface area (Å²) in [5.74, 6) is -1.62. The van der Waals surface area contributed by atoms with Gasteiger partial charge in [-0.25, -0.2) is 12.8 Å². The van der Waals surface area contributed by atoms with E-state index in [2.05, 4.69) is 5.32 Å². The first-order chi connectivity index (χ1) is 18.6. The summed E-state index contributed by atoms with van der Waals surface area (Å²) in [4.78, 5) is 28.5. The van der Waals surface area contributed by atoms with Crippen molar-refractivity contribution in [2.24, 2.45) is 0 Å². The van der Waals surface area contributed by atoms with E-state index in [-0.39, 0.29) is 28.1 Å². The number of anilines is 1. The van der Waals surface area contributed by atoms with Crippen molar-refractivity contribution >= 4 is 39.1 Å². The van der Waals surface area contributed by atoms with Crippen molar-refractivity contribution in [1.82, 2.24) is 10.2 Å². The lowest BCUT2D eigenvalue weighted by molar-refractivity contribution is -0.140. The van der Waals surface area contributed by atoms with Crippen molar-refractivity contribution in [3.05, 3.63) is 94.8 Å². The topological polar surface area (TPSA) is 86.8 Å². The van der Waals surface area contributed by atoms with E-state index in [4.69, 9.17) is 11.6 Å². The van der Waals surface area contributed by atoms with E-state index in [1.165, 1.54) is 29.2 Å². The molecular weight excluding hydrogens is 541 g/mol. The van der Waals surface area contributed by atoms with E-state index < -0.39 is 34.3 Å². The van der Waals surface area contributed by atoms with Crippen LogP contribution in [0.25, 0.3) is 0 Å². The van der Waals surface area contributed by atoms with Crippen molar-refractivity contribution in [3.8, 4) is 0 Å². The van der Waals surface area contributed by atoms with Crippen molar-refractivity contribution in [2.45, 2.75) is 51.1 Å². The maximum atomic E-state index is 14.0. The van der Waals surface area contributed by atoms with E-state index in [1.54, 1.807) is 25.1 Å². The van der Waals surface area contributed by atoms with Gasteiger partial charge in [-0.2, -0.15) is 0 Å². The minimum absolute atomic E-state index is 0.0259. The number of sulfonamides is 1. The second-order valence-electron chi connectivity index (χ2n) is 9.09. The third-order valence-corrected chi connectivity index (χ3v) is 8.42. The van der Waals surface area contributed by atoms with Gasteiger partial charge >= 0.3 is 0 Å². The number of nitrogens with zero attached hydrogens (tertiary/aromatic N) is 2. The molecule has 0 aliphatic carbocycles. The van der Waals surface area contributed by atoms with Gasteiger partial charge in [0.15, 0.2) is 0 Å². The fourth-order valence-electron chi connectivity index (χ4n) is 4.15. The molecule has 1 atom stereocenters. The molecule has 3 rings (SSSR count). The molecule has 0 heterocycles. The number of nitrogens with one attached hydrogen (secondary N) is 1. The highest BCUT2D eigenvalue weighted by Gasteiger charge is 2.34. The summed E-state index contributed by atoms with van der Waals surface area (Å²) in [6.07, 6.45) is 1.04. The molecule has 0 fully saturated rings. The first-order valence-corrected chi connectivity index (χ1v) is 14.6. The third kappa shape index (κ3) is 7.36. The van der Waals surface area contributed by atoms with Crippen LogP contribution in [0.4, 0.5) is 10.1 Å². The van der Waals surface area contributed by atoms with Crippen LogP contribution in [-0.2, 0) is 26.2 Å². The van der Waals surface area contributed by atoms with E-state index >= 15 is 0 Å². The third-order valence-electron chi connectivity index (χ3n) is 6.34. The van der Waals surface area contributed by atoms with Gasteiger partial charge in [0.2, 0.25) is 11.8 Å². The lowest BCUT2D eigenvalue weighted by atomic mass is 10.1. The molecule has 10 heteroatoms. The Kier molecular flexibility index (Phi) is 10.5. The average molecular weight is 574 g/mol. The average Bonchev–Trinajstić information content (AvgIpc) is 2.93. The van der Waals surface area contributed by atoms with Crippen LogP contribution in [0, 0.1) is 12.7 Å². The van der Waals surface area contributed by atoms with E-state index in [0.29, 0.717) is 13.0 Å². The monoisotopic (exact) mass is 573 g/mol. The van der Waals surface area contributed by atoms with Gasteiger partial charge in [-0.1, -0.05) is 67.9 Å². The van der Waals surface area contributed by atoms with Crippen molar-refractivity contribution in [2.75, 3.05) is 17.4 Å². The Bertz CT molecular complexity index is 1400. The predicted octanol–water partition coefficient (Wildman–Crippen LogP) is 5.32. The lowest BCUT2D eigenvalue weighted by Gasteiger charge is -2.33. The molecular formula is C29H33ClFN3O4S. The Hall–Kier alpha value is -3.43. The smallest absolute Gasteiger partial charge is 0.264 e. The molecule has 0 bridgehead atoms. The Labute approximate surface area is 234 Å². The SMILES string of the molecule is CCCNC(=O)[C@H](CC)N(Cc1ccccc1C)C(=O)CN(c1ccc(F)c(Cl)c1)S(=O)(=O)c1ccccc1. The van der Waals surface area contributed by atoms with Crippen LogP contribution in [0.1, 0.15) is 37.8 Å². The molecule has 0 aromatic heterocycles. The number of hydrogen-bond donors (Lipinski definition) is 1. The van der Waals surface area contributed by atoms with Crippen molar-refractivity contribution < 1.29 is 22.4 Å². The molecule has 1 N–H and O–H groups in total. The molecule has 0 radical (unpaired) electrons. The van der Waals surface area contributed by atoms with E-state index in [1.807, 2.05) is 38.1 Å². The largest absolute Gasteiger partial charge is 0.354 e. The van der Waals surface area contributed by atoms with Crippen LogP contribution in [-0.4, -0.2) is 44.3 Å². The summed E-state index contributed by atoms with van der Waals surface area (Å²) in [6.45, 7) is 5.56. The fourth-order valence-corrected chi connectivity index (χ4v) is 5.75. The predicted molar refractivity (Wildman–Crippen MR) is 151 cm³/mol. The molecule has 0 unspecified atom stereocenters. The Morgan fingerprint density at radius 2 is 1.67 bits per heavy atom. The molecule has 0 aliphatic heterocycles. The zero-order chi connectivity index (χ0) is 28.6. The van der Waals surface area contributed by atoms with Gasteiger partial charge < -0.3 is 10.2 Å². The minimum atomic E-state index is -4.26. The maximum absolute atomic E-state index is 14.0. The number of carbonyl (C=O) groups is 2. The lowest BCUT2D eigenvalue weighted by Crippen LogP contribution is -2.52. The van der Waals surface area contributed by atoms with Gasteiger partial charge in [0.25, 0.3) is 10.0 Å². The highest BCUT2D eigenvalue weighted by Crippen LogP contribution is 2.28. The summed E-state index contributed by atoms with van der Waals surface area (Å²) in [5, 5.41) is 2.57. The summed E-state index contributed by atoms with van der Waals surface area (Å²) in [6, 6.07) is 17.8. The maximum Gasteiger partial charge on any atom is 0.264 e. The fraction of sp³-hybridized carbons (Fsp3) is 0.310. The van der Waals surface area contributed by atoms with Gasteiger partial charge in [0.05, 0.1) is 15.6 Å². The first kappa shape index (κ1) is 30.1. The number of aryl methyl sites for hydroxylation is 1. The summed E-state index contributed by atoms with van der Waals surface area (Å²) in [5.41, 5.74) is 1.78. The summed E-state index contributed by atoms with van der Waals surface area (Å²) < 4.78 is 42.4. The van der Waals surface area contributed by atoms with Crippen LogP contribution >= 0.6 is 11.6 Å². The number of halogens is 2. The molecule has 7 nitrogen and oxygen atoms in total. The van der Waals surface area contributed by atoms with Gasteiger partial charge in [-0.15, -0.1) is 0 Å². The molecule has 3 aromatic rings. The quantitative estimate of drug-likeness (QED) is 0.318. The molecule has 0 aliphatic rings. The number of amides is 2. The highest BCUT2D eigenvalue weighted by molar-refractivity contribution is 7.92. The molecule has 0 saturated carbocycles. The number of hydrogen-bond acceptors (Lipinski definition) is 4. The van der Waals surface area contributed by atoms with Crippen molar-refractivity contribution in [1.29, 1.82) is 0 Å². The number of rotatable bonds is 12. The van der Waals surface area contributed by atoms with Gasteiger partial charge in [-0.3, -0.25) is 13.9 Å². The van der Waals surface area contributed by atoms with Gasteiger partial charge in [0, 0.05) is 13.1 Å². The van der Waals surface area contributed by atoms with Crippen LogP contribution < -0.4 is 9.62 Å². The summed E-state index contributed by atoms with van der Waals surface area (Å²) in [7, 11) is -4.26. The van der Waals surface area contributed by atoms with Crippen LogP contribution in [0.15, 0.2) is 77.7 Å². The molecule has 2 amide bonds. The highest BCUT2D eigenvalue weighted by atomic mass is 35.5. The molecule has 0 saturated heterocycles. The van der Waals surface area contributed by atoms with Crippen LogP contribution in [0.3, 0.4) is 0 Å². The second-order valence-corrected chi connectivity index (χ2v) is 11.4. The molecule has 208 valence electrons. The molecule has 0 spiro atoms. The van der Waals surface area contributed by atoms with E-state index in [9.17, 15) is 22.4 Å². The van der Waals surface area contributed by atoms with Gasteiger partial charge in [0.1, 0.15) is 18.4 Å². The van der Waals surface area contributed by atoms with E-state index in [0.717, 1.165) is 27.9 Å². The Morgan fingerprint density at radius 3 is 2.28 bits per heavy atom. The second kappa shape index (κ2) is 13.6. The first-order valence-electron chi connectivity index (χ1n) is 12.7. The van der Waals surface area contributed by atoms with Crippen LogP contribution in [0.2, 0.25) is 5.02 Å². The minimum Gasteiger partial charge on any atom is -0.354 e. The van der Waals surface area contributed by atoms with Gasteiger partial charge in [-0.05, 0) is 61.2 Å². The molecule has 39 heavy (non-hydrogen) atoms. The zero-order valence-corrected chi connectivity index (χ0v) is 23.8. The molecule has 3 aromatic carbocycles. The number of carbonyl (C=O) groups excluding carboxylic acids is 2. The Morgan fingerprint density at radius 1 is 1.00 bits per heavy atom. The number of benzene rings is 3.